The van der Waals surface area contributed by atoms with Crippen LogP contribution in [0.15, 0.2) is 0 Å². The van der Waals surface area contributed by atoms with Crippen LogP contribution in [-0.2, 0) is 14.9 Å². The van der Waals surface area contributed by atoms with Gasteiger partial charge in [-0.25, -0.2) is 0 Å². The van der Waals surface area contributed by atoms with Crippen molar-refractivity contribution in [3.8, 4) is 0 Å². The van der Waals surface area contributed by atoms with E-state index in [2.05, 4.69) is 0 Å². The van der Waals surface area contributed by atoms with Gasteiger partial charge in [0.15, 0.2) is 0 Å². The maximum atomic E-state index is 12.3. The Balaban J connectivity index is 2.09. The molecule has 2 rings (SSSR count). The molecule has 0 radical (unpaired) electrons. The number of hydrogen-bond donors (Lipinski definition) is 1. The van der Waals surface area contributed by atoms with E-state index < -0.39 is 16.3 Å². The van der Waals surface area contributed by atoms with Crippen molar-refractivity contribution in [2.45, 2.75) is 38.6 Å². The van der Waals surface area contributed by atoms with E-state index in [-0.39, 0.29) is 18.8 Å². The van der Waals surface area contributed by atoms with Crippen molar-refractivity contribution in [2.75, 3.05) is 26.2 Å². The SMILES string of the molecule is CC1CN(S(=O)(=O)N2CC[C@H](O)C2)CC(C)O1. The number of nitrogens with zero attached hydrogens (tertiary/aromatic N) is 2. The van der Waals surface area contributed by atoms with E-state index in [4.69, 9.17) is 4.74 Å². The Hall–Kier alpha value is -0.210. The Morgan fingerprint density at radius 1 is 1.12 bits per heavy atom. The number of aliphatic hydroxyl groups is 1. The van der Waals surface area contributed by atoms with E-state index in [1.54, 1.807) is 0 Å². The summed E-state index contributed by atoms with van der Waals surface area (Å²) in [5.41, 5.74) is 0. The van der Waals surface area contributed by atoms with Gasteiger partial charge in [0.05, 0.1) is 18.3 Å². The minimum atomic E-state index is -3.43. The lowest BCUT2D eigenvalue weighted by Gasteiger charge is -2.36. The van der Waals surface area contributed by atoms with Crippen LogP contribution in [0.5, 0.6) is 0 Å². The molecule has 2 aliphatic heterocycles. The first-order chi connectivity index (χ1) is 7.89. The predicted molar refractivity (Wildman–Crippen MR) is 62.7 cm³/mol. The molecule has 2 fully saturated rings. The highest BCUT2D eigenvalue weighted by Crippen LogP contribution is 2.21. The standard InChI is InChI=1S/C10H20N2O4S/c1-8-5-12(6-9(2)16-8)17(14,15)11-4-3-10(13)7-11/h8-10,13H,3-7H2,1-2H3/t8?,9?,10-/m0/s1. The van der Waals surface area contributed by atoms with Gasteiger partial charge in [0.1, 0.15) is 0 Å². The number of aliphatic hydroxyl groups excluding tert-OH is 1. The van der Waals surface area contributed by atoms with E-state index in [1.807, 2.05) is 13.8 Å². The number of ether oxygens (including phenoxy) is 1. The summed E-state index contributed by atoms with van der Waals surface area (Å²) in [5.74, 6) is 0. The van der Waals surface area contributed by atoms with E-state index >= 15 is 0 Å². The van der Waals surface area contributed by atoms with E-state index in [1.165, 1.54) is 8.61 Å². The van der Waals surface area contributed by atoms with Crippen LogP contribution in [0.1, 0.15) is 20.3 Å². The second-order valence-corrected chi connectivity index (χ2v) is 6.81. The summed E-state index contributed by atoms with van der Waals surface area (Å²) in [6, 6.07) is 0. The van der Waals surface area contributed by atoms with Crippen molar-refractivity contribution >= 4 is 10.2 Å². The van der Waals surface area contributed by atoms with Crippen LogP contribution in [-0.4, -0.2) is 66.6 Å². The summed E-state index contributed by atoms with van der Waals surface area (Å²) >= 11 is 0. The highest BCUT2D eigenvalue weighted by atomic mass is 32.2. The average Bonchev–Trinajstić information content (AvgIpc) is 2.64. The largest absolute Gasteiger partial charge is 0.392 e. The Bertz CT molecular complexity index is 363. The van der Waals surface area contributed by atoms with Crippen LogP contribution >= 0.6 is 0 Å². The first-order valence-electron chi connectivity index (χ1n) is 5.98. The molecule has 100 valence electrons. The Kier molecular flexibility index (Phi) is 3.74. The monoisotopic (exact) mass is 264 g/mol. The van der Waals surface area contributed by atoms with Gasteiger partial charge in [-0.2, -0.15) is 17.0 Å². The molecular weight excluding hydrogens is 244 g/mol. The molecule has 3 atom stereocenters. The zero-order chi connectivity index (χ0) is 12.6. The molecule has 2 saturated heterocycles. The minimum absolute atomic E-state index is 0.0824. The topological polar surface area (TPSA) is 70.1 Å². The highest BCUT2D eigenvalue weighted by Gasteiger charge is 2.38. The molecule has 1 N–H and O–H groups in total. The molecule has 0 aliphatic carbocycles. The molecule has 7 heteroatoms. The zero-order valence-corrected chi connectivity index (χ0v) is 11.1. The summed E-state index contributed by atoms with van der Waals surface area (Å²) in [4.78, 5) is 0. The summed E-state index contributed by atoms with van der Waals surface area (Å²) in [7, 11) is -3.43. The third-order valence-electron chi connectivity index (χ3n) is 3.16. The summed E-state index contributed by atoms with van der Waals surface area (Å²) in [5, 5.41) is 9.42. The second kappa shape index (κ2) is 4.81. The molecule has 0 bridgehead atoms. The Morgan fingerprint density at radius 2 is 1.71 bits per heavy atom. The van der Waals surface area contributed by atoms with Gasteiger partial charge in [0.2, 0.25) is 0 Å². The average molecular weight is 264 g/mol. The smallest absolute Gasteiger partial charge is 0.282 e. The number of morpholine rings is 1. The van der Waals surface area contributed by atoms with Gasteiger partial charge in [-0.3, -0.25) is 0 Å². The third kappa shape index (κ3) is 2.79. The van der Waals surface area contributed by atoms with Crippen molar-refractivity contribution in [1.29, 1.82) is 0 Å². The molecule has 0 amide bonds. The van der Waals surface area contributed by atoms with Crippen LogP contribution in [0.2, 0.25) is 0 Å². The van der Waals surface area contributed by atoms with Gasteiger partial charge in [0, 0.05) is 26.2 Å². The van der Waals surface area contributed by atoms with Gasteiger partial charge < -0.3 is 9.84 Å². The van der Waals surface area contributed by atoms with E-state index in [9.17, 15) is 13.5 Å². The maximum Gasteiger partial charge on any atom is 0.282 e. The fourth-order valence-corrected chi connectivity index (χ4v) is 4.22. The van der Waals surface area contributed by atoms with Crippen molar-refractivity contribution < 1.29 is 18.3 Å². The fraction of sp³-hybridized carbons (Fsp3) is 1.00. The predicted octanol–water partition coefficient (Wildman–Crippen LogP) is -0.593. The van der Waals surface area contributed by atoms with Crippen LogP contribution in [0, 0.1) is 0 Å². The molecule has 0 aromatic carbocycles. The maximum absolute atomic E-state index is 12.3. The zero-order valence-electron chi connectivity index (χ0n) is 10.2. The first kappa shape index (κ1) is 13.2. The van der Waals surface area contributed by atoms with Gasteiger partial charge in [-0.05, 0) is 20.3 Å². The summed E-state index contributed by atoms with van der Waals surface area (Å²) in [6.07, 6.45) is -0.169. The third-order valence-corrected chi connectivity index (χ3v) is 5.10. The quantitative estimate of drug-likeness (QED) is 0.723. The molecule has 0 saturated carbocycles. The molecule has 0 spiro atoms. The van der Waals surface area contributed by atoms with Crippen LogP contribution in [0.3, 0.4) is 0 Å². The number of β-amino-alcohol motifs (C(OH)–C–C–N with tert-alkyl or cyclic N) is 1. The van der Waals surface area contributed by atoms with Crippen LogP contribution in [0.25, 0.3) is 0 Å². The van der Waals surface area contributed by atoms with Gasteiger partial charge in [-0.1, -0.05) is 0 Å². The lowest BCUT2D eigenvalue weighted by atomic mass is 10.3. The molecule has 0 aromatic rings. The summed E-state index contributed by atoms with van der Waals surface area (Å²) < 4.78 is 33.0. The Labute approximate surface area is 102 Å². The molecule has 6 nitrogen and oxygen atoms in total. The molecular formula is C10H20N2O4S. The highest BCUT2D eigenvalue weighted by molar-refractivity contribution is 7.86. The van der Waals surface area contributed by atoms with Crippen molar-refractivity contribution in [3.05, 3.63) is 0 Å². The van der Waals surface area contributed by atoms with Gasteiger partial charge >= 0.3 is 0 Å². The molecule has 2 unspecified atom stereocenters. The molecule has 17 heavy (non-hydrogen) atoms. The number of hydrogen-bond acceptors (Lipinski definition) is 4. The molecule has 0 aromatic heterocycles. The van der Waals surface area contributed by atoms with E-state index in [0.29, 0.717) is 26.1 Å². The van der Waals surface area contributed by atoms with Crippen LogP contribution in [0.4, 0.5) is 0 Å². The van der Waals surface area contributed by atoms with Gasteiger partial charge in [-0.15, -0.1) is 0 Å². The molecule has 2 aliphatic rings. The summed E-state index contributed by atoms with van der Waals surface area (Å²) in [6.45, 7) is 5.14. The van der Waals surface area contributed by atoms with E-state index in [0.717, 1.165) is 0 Å². The fourth-order valence-electron chi connectivity index (χ4n) is 2.40. The van der Waals surface area contributed by atoms with Crippen molar-refractivity contribution in [3.63, 3.8) is 0 Å². The van der Waals surface area contributed by atoms with Crippen molar-refractivity contribution in [2.24, 2.45) is 0 Å². The second-order valence-electron chi connectivity index (χ2n) is 4.88. The van der Waals surface area contributed by atoms with Crippen molar-refractivity contribution in [1.82, 2.24) is 8.61 Å². The minimum Gasteiger partial charge on any atom is -0.392 e. The number of rotatable bonds is 2. The first-order valence-corrected chi connectivity index (χ1v) is 7.38. The lowest BCUT2D eigenvalue weighted by molar-refractivity contribution is -0.0453. The molecule has 2 heterocycles. The normalized spacial score (nSPS) is 37.5. The Morgan fingerprint density at radius 3 is 2.18 bits per heavy atom. The van der Waals surface area contributed by atoms with Crippen LogP contribution < -0.4 is 0 Å². The van der Waals surface area contributed by atoms with Gasteiger partial charge in [0.25, 0.3) is 10.2 Å². The lowest BCUT2D eigenvalue weighted by Crippen LogP contribution is -2.52.